The van der Waals surface area contributed by atoms with E-state index in [9.17, 15) is 0 Å². The van der Waals surface area contributed by atoms with E-state index in [2.05, 4.69) is 10.5 Å². The second-order valence-electron chi connectivity index (χ2n) is 4.04. The minimum atomic E-state index is -0.0452. The molecular weight excluding hydrogens is 271 g/mol. The molecule has 0 aliphatic rings. The zero-order chi connectivity index (χ0) is 13.1. The predicted octanol–water partition coefficient (Wildman–Crippen LogP) is 2.47. The summed E-state index contributed by atoms with van der Waals surface area (Å²) in [6.07, 6.45) is 2.41. The van der Waals surface area contributed by atoms with Gasteiger partial charge in [0.25, 0.3) is 0 Å². The van der Waals surface area contributed by atoms with Crippen LogP contribution in [0.25, 0.3) is 0 Å². The van der Waals surface area contributed by atoms with Crippen molar-refractivity contribution >= 4 is 23.2 Å². The number of nitrogens with one attached hydrogen (secondary N) is 1. The Labute approximate surface area is 116 Å². The summed E-state index contributed by atoms with van der Waals surface area (Å²) in [5.41, 5.74) is 4.78. The molecule has 18 heavy (non-hydrogen) atoms. The average Bonchev–Trinajstić information content (AvgIpc) is 2.75. The lowest BCUT2D eigenvalue weighted by Gasteiger charge is -2.17. The van der Waals surface area contributed by atoms with E-state index in [1.54, 1.807) is 16.9 Å². The number of nitrogens with two attached hydrogens (primary N) is 1. The van der Waals surface area contributed by atoms with E-state index in [0.29, 0.717) is 16.5 Å². The number of nitrogens with zero attached hydrogens (tertiary/aromatic N) is 2. The Kier molecular flexibility index (Phi) is 4.24. The molecule has 0 bridgehead atoms. The zero-order valence-electron chi connectivity index (χ0n) is 9.90. The maximum Gasteiger partial charge on any atom is 0.0669 e. The quantitative estimate of drug-likeness (QED) is 0.670. The number of halogens is 2. The molecule has 1 atom stereocenters. The Morgan fingerprint density at radius 3 is 2.72 bits per heavy atom. The number of hydrazine groups is 1. The second-order valence-corrected chi connectivity index (χ2v) is 4.88. The van der Waals surface area contributed by atoms with Gasteiger partial charge in [0.2, 0.25) is 0 Å². The van der Waals surface area contributed by atoms with E-state index in [0.717, 1.165) is 11.3 Å². The fraction of sp³-hybridized carbons (Fsp3) is 0.250. The van der Waals surface area contributed by atoms with E-state index >= 15 is 0 Å². The summed E-state index contributed by atoms with van der Waals surface area (Å²) in [5.74, 6) is 5.60. The summed E-state index contributed by atoms with van der Waals surface area (Å²) in [7, 11) is 1.88. The topological polar surface area (TPSA) is 55.9 Å². The molecule has 0 aliphatic carbocycles. The van der Waals surface area contributed by atoms with Gasteiger partial charge in [0.15, 0.2) is 0 Å². The predicted molar refractivity (Wildman–Crippen MR) is 73.4 cm³/mol. The highest BCUT2D eigenvalue weighted by Gasteiger charge is 2.15. The molecule has 6 heteroatoms. The lowest BCUT2D eigenvalue weighted by Crippen LogP contribution is -2.31. The molecule has 0 amide bonds. The Morgan fingerprint density at radius 1 is 1.39 bits per heavy atom. The summed E-state index contributed by atoms with van der Waals surface area (Å²) >= 11 is 12.0. The highest BCUT2D eigenvalue weighted by Crippen LogP contribution is 2.25. The van der Waals surface area contributed by atoms with Gasteiger partial charge in [-0.1, -0.05) is 29.3 Å². The number of aromatic nitrogens is 2. The van der Waals surface area contributed by atoms with E-state index in [-0.39, 0.29) is 6.04 Å². The molecule has 0 fully saturated rings. The van der Waals surface area contributed by atoms with Crippen LogP contribution >= 0.6 is 23.2 Å². The Morgan fingerprint density at radius 2 is 2.17 bits per heavy atom. The van der Waals surface area contributed by atoms with Gasteiger partial charge in [0.05, 0.1) is 11.7 Å². The SMILES string of the molecule is Cn1nccc1C(Cc1ccc(Cl)cc1Cl)NN. The number of hydrogen-bond donors (Lipinski definition) is 2. The van der Waals surface area contributed by atoms with Crippen molar-refractivity contribution in [1.82, 2.24) is 15.2 Å². The first-order valence-corrected chi connectivity index (χ1v) is 6.25. The highest BCUT2D eigenvalue weighted by molar-refractivity contribution is 6.35. The monoisotopic (exact) mass is 284 g/mol. The molecule has 2 rings (SSSR count). The van der Waals surface area contributed by atoms with Gasteiger partial charge in [-0.15, -0.1) is 0 Å². The van der Waals surface area contributed by atoms with Crippen LogP contribution in [0.5, 0.6) is 0 Å². The molecule has 1 aromatic carbocycles. The third-order valence-electron chi connectivity index (χ3n) is 2.86. The van der Waals surface area contributed by atoms with Crippen LogP contribution in [0.4, 0.5) is 0 Å². The van der Waals surface area contributed by atoms with Crippen LogP contribution < -0.4 is 11.3 Å². The van der Waals surface area contributed by atoms with Crippen molar-refractivity contribution in [2.24, 2.45) is 12.9 Å². The molecule has 4 nitrogen and oxygen atoms in total. The molecule has 3 N–H and O–H groups in total. The van der Waals surface area contributed by atoms with Crippen LogP contribution in [-0.4, -0.2) is 9.78 Å². The number of hydrogen-bond acceptors (Lipinski definition) is 3. The van der Waals surface area contributed by atoms with Gasteiger partial charge >= 0.3 is 0 Å². The highest BCUT2D eigenvalue weighted by atomic mass is 35.5. The fourth-order valence-corrected chi connectivity index (χ4v) is 2.37. The summed E-state index contributed by atoms with van der Waals surface area (Å²) in [4.78, 5) is 0. The maximum atomic E-state index is 6.16. The lowest BCUT2D eigenvalue weighted by molar-refractivity contribution is 0.508. The molecule has 0 aliphatic heterocycles. The van der Waals surface area contributed by atoms with Crippen molar-refractivity contribution in [3.63, 3.8) is 0 Å². The second kappa shape index (κ2) is 5.71. The van der Waals surface area contributed by atoms with Gasteiger partial charge < -0.3 is 0 Å². The van der Waals surface area contributed by atoms with Gasteiger partial charge in [0.1, 0.15) is 0 Å². The van der Waals surface area contributed by atoms with Crippen molar-refractivity contribution in [2.75, 3.05) is 0 Å². The van der Waals surface area contributed by atoms with Crippen LogP contribution in [0.15, 0.2) is 30.5 Å². The van der Waals surface area contributed by atoms with Crippen molar-refractivity contribution in [2.45, 2.75) is 12.5 Å². The average molecular weight is 285 g/mol. The number of rotatable bonds is 4. The van der Waals surface area contributed by atoms with Crippen LogP contribution in [0.2, 0.25) is 10.0 Å². The molecule has 1 heterocycles. The molecular formula is C12H14Cl2N4. The van der Waals surface area contributed by atoms with E-state index < -0.39 is 0 Å². The van der Waals surface area contributed by atoms with Crippen molar-refractivity contribution in [3.8, 4) is 0 Å². The normalized spacial score (nSPS) is 12.7. The van der Waals surface area contributed by atoms with Crippen LogP contribution in [0.3, 0.4) is 0 Å². The van der Waals surface area contributed by atoms with E-state index in [1.807, 2.05) is 25.2 Å². The maximum absolute atomic E-state index is 6.16. The first-order chi connectivity index (χ1) is 8.61. The minimum Gasteiger partial charge on any atom is -0.271 e. The summed E-state index contributed by atoms with van der Waals surface area (Å²) < 4.78 is 1.79. The number of benzene rings is 1. The summed E-state index contributed by atoms with van der Waals surface area (Å²) in [6, 6.07) is 7.34. The zero-order valence-corrected chi connectivity index (χ0v) is 11.4. The Hall–Kier alpha value is -1.07. The third kappa shape index (κ3) is 2.84. The molecule has 2 aromatic rings. The van der Waals surface area contributed by atoms with Crippen LogP contribution in [0, 0.1) is 0 Å². The standard InChI is InChI=1S/C12H14Cl2N4/c1-18-12(4-5-16-18)11(17-15)6-8-2-3-9(13)7-10(8)14/h2-5,7,11,17H,6,15H2,1H3. The smallest absolute Gasteiger partial charge is 0.0669 e. The van der Waals surface area contributed by atoms with E-state index in [4.69, 9.17) is 29.0 Å². The van der Waals surface area contributed by atoms with Crippen LogP contribution in [0.1, 0.15) is 17.3 Å². The molecule has 1 unspecified atom stereocenters. The third-order valence-corrected chi connectivity index (χ3v) is 3.44. The largest absolute Gasteiger partial charge is 0.271 e. The molecule has 0 saturated carbocycles. The number of aryl methyl sites for hydroxylation is 1. The van der Waals surface area contributed by atoms with Gasteiger partial charge in [0, 0.05) is 23.3 Å². The van der Waals surface area contributed by atoms with Crippen molar-refractivity contribution in [1.29, 1.82) is 0 Å². The summed E-state index contributed by atoms with van der Waals surface area (Å²) in [6.45, 7) is 0. The summed E-state index contributed by atoms with van der Waals surface area (Å²) in [5, 5.41) is 5.40. The Bertz CT molecular complexity index is 539. The van der Waals surface area contributed by atoms with Gasteiger partial charge in [-0.2, -0.15) is 5.10 Å². The molecule has 96 valence electrons. The van der Waals surface area contributed by atoms with Gasteiger partial charge in [-0.3, -0.25) is 16.0 Å². The van der Waals surface area contributed by atoms with Crippen molar-refractivity contribution in [3.05, 3.63) is 51.8 Å². The first kappa shape index (κ1) is 13.4. The molecule has 0 spiro atoms. The lowest BCUT2D eigenvalue weighted by atomic mass is 10.0. The molecule has 0 radical (unpaired) electrons. The first-order valence-electron chi connectivity index (χ1n) is 5.49. The molecule has 0 saturated heterocycles. The fourth-order valence-electron chi connectivity index (χ4n) is 1.88. The van der Waals surface area contributed by atoms with E-state index in [1.165, 1.54) is 0 Å². The minimum absolute atomic E-state index is 0.0452. The van der Waals surface area contributed by atoms with Crippen molar-refractivity contribution < 1.29 is 0 Å². The van der Waals surface area contributed by atoms with Crippen LogP contribution in [-0.2, 0) is 13.5 Å². The Balaban J connectivity index is 2.23. The van der Waals surface area contributed by atoms with Gasteiger partial charge in [-0.05, 0) is 30.2 Å². The van der Waals surface area contributed by atoms with Gasteiger partial charge in [-0.25, -0.2) is 0 Å². The molecule has 1 aromatic heterocycles.